The molecule has 0 aliphatic rings. The van der Waals surface area contributed by atoms with Gasteiger partial charge in [-0.2, -0.15) is 5.10 Å². The molecular formula is C14H16Cl2N2O. The van der Waals surface area contributed by atoms with E-state index in [2.05, 4.69) is 5.10 Å². The fourth-order valence-electron chi connectivity index (χ4n) is 2.09. The standard InChI is InChI=1S/C14H16Cl2N2O/c1-8(2)18-13(12(16)7-17-18)14(19)10-5-4-6-11(15)9(10)3/h4-8,14,19H,1-3H3. The van der Waals surface area contributed by atoms with Crippen molar-refractivity contribution >= 4 is 23.2 Å². The summed E-state index contributed by atoms with van der Waals surface area (Å²) in [7, 11) is 0. The molecule has 0 radical (unpaired) electrons. The van der Waals surface area contributed by atoms with E-state index in [1.807, 2.05) is 32.9 Å². The van der Waals surface area contributed by atoms with Crippen LogP contribution in [0.1, 0.15) is 42.8 Å². The van der Waals surface area contributed by atoms with E-state index in [1.165, 1.54) is 0 Å². The van der Waals surface area contributed by atoms with Crippen LogP contribution in [0.15, 0.2) is 24.4 Å². The number of hydrogen-bond donors (Lipinski definition) is 1. The Morgan fingerprint density at radius 3 is 2.53 bits per heavy atom. The molecule has 1 atom stereocenters. The van der Waals surface area contributed by atoms with Gasteiger partial charge in [0.2, 0.25) is 0 Å². The molecule has 0 aliphatic heterocycles. The Bertz CT molecular complexity index is 593. The number of hydrogen-bond acceptors (Lipinski definition) is 2. The summed E-state index contributed by atoms with van der Waals surface area (Å²) in [4.78, 5) is 0. The second kappa shape index (κ2) is 5.53. The van der Waals surface area contributed by atoms with E-state index in [1.54, 1.807) is 16.9 Å². The van der Waals surface area contributed by atoms with E-state index in [-0.39, 0.29) is 6.04 Å². The average Bonchev–Trinajstić information content (AvgIpc) is 2.74. The highest BCUT2D eigenvalue weighted by atomic mass is 35.5. The van der Waals surface area contributed by atoms with E-state index in [9.17, 15) is 5.11 Å². The Balaban J connectivity index is 2.53. The molecule has 2 aromatic rings. The molecule has 1 heterocycles. The van der Waals surface area contributed by atoms with Gasteiger partial charge < -0.3 is 5.11 Å². The number of rotatable bonds is 3. The van der Waals surface area contributed by atoms with Crippen LogP contribution >= 0.6 is 23.2 Å². The van der Waals surface area contributed by atoms with E-state index in [0.717, 1.165) is 11.1 Å². The van der Waals surface area contributed by atoms with Gasteiger partial charge in [-0.05, 0) is 38.0 Å². The first-order valence-electron chi connectivity index (χ1n) is 6.09. The smallest absolute Gasteiger partial charge is 0.122 e. The van der Waals surface area contributed by atoms with Crippen molar-refractivity contribution in [3.8, 4) is 0 Å². The third-order valence-electron chi connectivity index (χ3n) is 3.14. The third kappa shape index (κ3) is 2.64. The highest BCUT2D eigenvalue weighted by molar-refractivity contribution is 6.31. The van der Waals surface area contributed by atoms with Crippen molar-refractivity contribution in [1.29, 1.82) is 0 Å². The Labute approximate surface area is 122 Å². The Hall–Kier alpha value is -1.03. The van der Waals surface area contributed by atoms with Crippen LogP contribution in [-0.2, 0) is 0 Å². The molecule has 19 heavy (non-hydrogen) atoms. The number of aromatic nitrogens is 2. The summed E-state index contributed by atoms with van der Waals surface area (Å²) in [5.74, 6) is 0. The summed E-state index contributed by atoms with van der Waals surface area (Å²) in [5.41, 5.74) is 2.20. The zero-order valence-electron chi connectivity index (χ0n) is 11.1. The monoisotopic (exact) mass is 298 g/mol. The first-order valence-corrected chi connectivity index (χ1v) is 6.85. The molecule has 102 valence electrons. The van der Waals surface area contributed by atoms with Gasteiger partial charge in [0.1, 0.15) is 6.10 Å². The molecule has 1 aromatic heterocycles. The lowest BCUT2D eigenvalue weighted by molar-refractivity contribution is 0.204. The second-order valence-corrected chi connectivity index (χ2v) is 5.59. The van der Waals surface area contributed by atoms with Crippen LogP contribution in [0.4, 0.5) is 0 Å². The van der Waals surface area contributed by atoms with Crippen LogP contribution in [-0.4, -0.2) is 14.9 Å². The highest BCUT2D eigenvalue weighted by Crippen LogP contribution is 2.33. The number of benzene rings is 1. The third-order valence-corrected chi connectivity index (χ3v) is 3.84. The number of aliphatic hydroxyl groups excluding tert-OH is 1. The van der Waals surface area contributed by atoms with E-state index < -0.39 is 6.10 Å². The van der Waals surface area contributed by atoms with Crippen LogP contribution in [0.25, 0.3) is 0 Å². The molecule has 0 amide bonds. The lowest BCUT2D eigenvalue weighted by Gasteiger charge is -2.18. The van der Waals surface area contributed by atoms with E-state index in [0.29, 0.717) is 15.7 Å². The normalized spacial score (nSPS) is 13.0. The van der Waals surface area contributed by atoms with Crippen molar-refractivity contribution in [2.24, 2.45) is 0 Å². The molecule has 0 bridgehead atoms. The van der Waals surface area contributed by atoms with Crippen LogP contribution < -0.4 is 0 Å². The SMILES string of the molecule is Cc1c(Cl)cccc1C(O)c1c(Cl)cnn1C(C)C. The molecule has 1 aromatic carbocycles. The quantitative estimate of drug-likeness (QED) is 0.924. The fraction of sp³-hybridized carbons (Fsp3) is 0.357. The van der Waals surface area contributed by atoms with E-state index in [4.69, 9.17) is 23.2 Å². The summed E-state index contributed by atoms with van der Waals surface area (Å²) < 4.78 is 1.73. The van der Waals surface area contributed by atoms with Crippen LogP contribution in [0, 0.1) is 6.92 Å². The van der Waals surface area contributed by atoms with Gasteiger partial charge in [0.15, 0.2) is 0 Å². The molecule has 2 rings (SSSR count). The molecule has 0 spiro atoms. The van der Waals surface area contributed by atoms with Gasteiger partial charge in [-0.1, -0.05) is 35.3 Å². The average molecular weight is 299 g/mol. The predicted molar refractivity (Wildman–Crippen MR) is 77.9 cm³/mol. The number of halogens is 2. The van der Waals surface area contributed by atoms with Gasteiger partial charge in [-0.25, -0.2) is 0 Å². The summed E-state index contributed by atoms with van der Waals surface area (Å²) in [6.07, 6.45) is 0.719. The summed E-state index contributed by atoms with van der Waals surface area (Å²) >= 11 is 12.2. The molecule has 3 nitrogen and oxygen atoms in total. The molecule has 1 N–H and O–H groups in total. The Kier molecular flexibility index (Phi) is 4.19. The summed E-state index contributed by atoms with van der Waals surface area (Å²) in [6, 6.07) is 5.59. The molecular weight excluding hydrogens is 283 g/mol. The van der Waals surface area contributed by atoms with Crippen molar-refractivity contribution in [2.45, 2.75) is 32.9 Å². The fourth-order valence-corrected chi connectivity index (χ4v) is 2.50. The van der Waals surface area contributed by atoms with E-state index >= 15 is 0 Å². The Morgan fingerprint density at radius 1 is 1.21 bits per heavy atom. The van der Waals surface area contributed by atoms with Gasteiger partial charge in [0.25, 0.3) is 0 Å². The van der Waals surface area contributed by atoms with Crippen LogP contribution in [0.5, 0.6) is 0 Å². The molecule has 0 saturated heterocycles. The molecule has 1 unspecified atom stereocenters. The lowest BCUT2D eigenvalue weighted by Crippen LogP contribution is -2.13. The van der Waals surface area contributed by atoms with Gasteiger partial charge >= 0.3 is 0 Å². The second-order valence-electron chi connectivity index (χ2n) is 4.77. The van der Waals surface area contributed by atoms with Crippen molar-refractivity contribution in [1.82, 2.24) is 9.78 Å². The van der Waals surface area contributed by atoms with Crippen molar-refractivity contribution in [2.75, 3.05) is 0 Å². The Morgan fingerprint density at radius 2 is 1.89 bits per heavy atom. The zero-order chi connectivity index (χ0) is 14.2. The largest absolute Gasteiger partial charge is 0.382 e. The molecule has 0 fully saturated rings. The maximum atomic E-state index is 10.6. The van der Waals surface area contributed by atoms with Gasteiger partial charge in [0, 0.05) is 11.1 Å². The first kappa shape index (κ1) is 14.4. The molecule has 0 saturated carbocycles. The topological polar surface area (TPSA) is 38.1 Å². The minimum Gasteiger partial charge on any atom is -0.382 e. The number of nitrogens with zero attached hydrogens (tertiary/aromatic N) is 2. The molecule has 5 heteroatoms. The molecule has 0 aliphatic carbocycles. The predicted octanol–water partition coefficient (Wildman–Crippen LogP) is 4.16. The summed E-state index contributed by atoms with van der Waals surface area (Å²) in [5, 5.41) is 15.9. The number of aliphatic hydroxyl groups is 1. The maximum absolute atomic E-state index is 10.6. The minimum atomic E-state index is -0.837. The van der Waals surface area contributed by atoms with Crippen molar-refractivity contribution < 1.29 is 5.11 Å². The lowest BCUT2D eigenvalue weighted by atomic mass is 10.0. The van der Waals surface area contributed by atoms with Crippen LogP contribution in [0.3, 0.4) is 0 Å². The zero-order valence-corrected chi connectivity index (χ0v) is 12.6. The minimum absolute atomic E-state index is 0.122. The van der Waals surface area contributed by atoms with Gasteiger partial charge in [-0.15, -0.1) is 0 Å². The van der Waals surface area contributed by atoms with Crippen molar-refractivity contribution in [3.05, 3.63) is 51.3 Å². The van der Waals surface area contributed by atoms with Gasteiger partial charge in [0.05, 0.1) is 16.9 Å². The highest BCUT2D eigenvalue weighted by Gasteiger charge is 2.23. The van der Waals surface area contributed by atoms with Gasteiger partial charge in [-0.3, -0.25) is 4.68 Å². The first-order chi connectivity index (χ1) is 8.93. The summed E-state index contributed by atoms with van der Waals surface area (Å²) in [6.45, 7) is 5.86. The van der Waals surface area contributed by atoms with Crippen molar-refractivity contribution in [3.63, 3.8) is 0 Å². The van der Waals surface area contributed by atoms with Crippen LogP contribution in [0.2, 0.25) is 10.0 Å². The maximum Gasteiger partial charge on any atom is 0.122 e.